The molecule has 2 heterocycles. The van der Waals surface area contributed by atoms with E-state index in [1.54, 1.807) is 48.7 Å². The Morgan fingerprint density at radius 3 is 2.58 bits per heavy atom. The third-order valence-electron chi connectivity index (χ3n) is 3.17. The zero-order valence-corrected chi connectivity index (χ0v) is 13.8. The van der Waals surface area contributed by atoms with E-state index in [1.165, 1.54) is 6.21 Å². The van der Waals surface area contributed by atoms with Gasteiger partial charge in [0, 0.05) is 16.9 Å². The summed E-state index contributed by atoms with van der Waals surface area (Å²) in [4.78, 5) is 34.2. The maximum atomic E-state index is 12.0. The molecule has 0 aliphatic rings. The number of nitrogens with zero attached hydrogens (tertiary/aromatic N) is 3. The average molecular weight is 387 g/mol. The van der Waals surface area contributed by atoms with Gasteiger partial charge >= 0.3 is 5.69 Å². The zero-order chi connectivity index (χ0) is 17.1. The first-order chi connectivity index (χ1) is 11.6. The van der Waals surface area contributed by atoms with Crippen LogP contribution in [0.1, 0.15) is 5.56 Å². The van der Waals surface area contributed by atoms with Gasteiger partial charge in [0.2, 0.25) is 5.88 Å². The molecule has 0 radical (unpaired) electrons. The second kappa shape index (κ2) is 6.63. The average Bonchev–Trinajstić information content (AvgIpc) is 2.57. The number of benzene rings is 1. The molecule has 1 aromatic carbocycles. The number of rotatable bonds is 3. The van der Waals surface area contributed by atoms with Gasteiger partial charge in [-0.05, 0) is 40.2 Å². The lowest BCUT2D eigenvalue weighted by Crippen LogP contribution is -2.31. The van der Waals surface area contributed by atoms with Crippen LogP contribution >= 0.6 is 15.9 Å². The fraction of sp³-hybridized carbons (Fsp3) is 0. The van der Waals surface area contributed by atoms with E-state index in [0.717, 1.165) is 9.04 Å². The lowest BCUT2D eigenvalue weighted by atomic mass is 10.3. The Kier molecular flexibility index (Phi) is 4.39. The Bertz CT molecular complexity index is 1010. The van der Waals surface area contributed by atoms with Crippen LogP contribution in [-0.2, 0) is 0 Å². The van der Waals surface area contributed by atoms with Crippen LogP contribution in [0.3, 0.4) is 0 Å². The first-order valence-electron chi connectivity index (χ1n) is 6.85. The summed E-state index contributed by atoms with van der Waals surface area (Å²) in [7, 11) is 0. The number of para-hydroxylation sites is 1. The van der Waals surface area contributed by atoms with E-state index in [-0.39, 0.29) is 5.56 Å². The molecule has 2 aromatic heterocycles. The summed E-state index contributed by atoms with van der Waals surface area (Å²) in [5, 5.41) is 10.3. The maximum absolute atomic E-state index is 12.0. The van der Waals surface area contributed by atoms with E-state index in [2.05, 4.69) is 30.9 Å². The van der Waals surface area contributed by atoms with Crippen molar-refractivity contribution in [1.82, 2.24) is 14.5 Å². The van der Waals surface area contributed by atoms with Crippen molar-refractivity contribution in [3.63, 3.8) is 0 Å². The number of aromatic nitrogens is 3. The summed E-state index contributed by atoms with van der Waals surface area (Å²) in [5.41, 5.74) is -1.18. The quantitative estimate of drug-likeness (QED) is 0.673. The third kappa shape index (κ3) is 3.18. The first-order valence-corrected chi connectivity index (χ1v) is 7.65. The molecule has 0 bridgehead atoms. The van der Waals surface area contributed by atoms with Crippen molar-refractivity contribution in [2.45, 2.75) is 0 Å². The number of hydrogen-bond donors (Lipinski definition) is 2. The molecule has 3 aromatic rings. The number of hydrogen-bond acceptors (Lipinski definition) is 5. The molecular weight excluding hydrogens is 376 g/mol. The molecule has 120 valence electrons. The Labute approximate surface area is 144 Å². The molecule has 0 aliphatic heterocycles. The van der Waals surface area contributed by atoms with E-state index in [1.807, 2.05) is 0 Å². The molecule has 7 nitrogen and oxygen atoms in total. The van der Waals surface area contributed by atoms with E-state index in [9.17, 15) is 14.7 Å². The molecule has 0 spiro atoms. The Morgan fingerprint density at radius 2 is 1.92 bits per heavy atom. The minimum Gasteiger partial charge on any atom is -0.493 e. The van der Waals surface area contributed by atoms with E-state index < -0.39 is 17.1 Å². The Hall–Kier alpha value is -3.00. The van der Waals surface area contributed by atoms with Crippen LogP contribution in [0, 0.1) is 0 Å². The largest absolute Gasteiger partial charge is 0.493 e. The monoisotopic (exact) mass is 386 g/mol. The van der Waals surface area contributed by atoms with Crippen LogP contribution in [0.4, 0.5) is 5.82 Å². The number of H-pyrrole nitrogens is 1. The van der Waals surface area contributed by atoms with E-state index in [4.69, 9.17) is 0 Å². The van der Waals surface area contributed by atoms with Gasteiger partial charge in [-0.1, -0.05) is 18.2 Å². The molecule has 0 amide bonds. The maximum Gasteiger partial charge on any atom is 0.335 e. The lowest BCUT2D eigenvalue weighted by Gasteiger charge is -2.09. The molecule has 0 saturated carbocycles. The van der Waals surface area contributed by atoms with Crippen molar-refractivity contribution >= 4 is 28.0 Å². The van der Waals surface area contributed by atoms with Crippen LogP contribution in [-0.4, -0.2) is 25.9 Å². The minimum atomic E-state index is -0.734. The summed E-state index contributed by atoms with van der Waals surface area (Å²) in [6.45, 7) is 0. The third-order valence-corrected chi connectivity index (χ3v) is 3.64. The molecule has 8 heteroatoms. The van der Waals surface area contributed by atoms with Crippen LogP contribution < -0.4 is 11.2 Å². The van der Waals surface area contributed by atoms with Crippen molar-refractivity contribution in [3.05, 3.63) is 79.5 Å². The topological polar surface area (TPSA) is 100 Å². The summed E-state index contributed by atoms with van der Waals surface area (Å²) in [5.74, 6) is -0.134. The number of pyridine rings is 1. The van der Waals surface area contributed by atoms with Gasteiger partial charge in [-0.25, -0.2) is 19.3 Å². The summed E-state index contributed by atoms with van der Waals surface area (Å²) in [6, 6.07) is 11.9. The smallest absolute Gasteiger partial charge is 0.335 e. The van der Waals surface area contributed by atoms with Gasteiger partial charge in [-0.15, -0.1) is 0 Å². The van der Waals surface area contributed by atoms with Crippen LogP contribution in [0.5, 0.6) is 5.88 Å². The van der Waals surface area contributed by atoms with Crippen molar-refractivity contribution in [2.75, 3.05) is 0 Å². The first kappa shape index (κ1) is 15.9. The highest BCUT2D eigenvalue weighted by atomic mass is 79.9. The summed E-state index contributed by atoms with van der Waals surface area (Å²) < 4.78 is 1.79. The molecular formula is C16H11BrN4O3. The van der Waals surface area contributed by atoms with Gasteiger partial charge in [-0.3, -0.25) is 9.78 Å². The predicted octanol–water partition coefficient (Wildman–Crippen LogP) is 2.14. The highest BCUT2D eigenvalue weighted by molar-refractivity contribution is 9.10. The lowest BCUT2D eigenvalue weighted by molar-refractivity contribution is 0.430. The fourth-order valence-electron chi connectivity index (χ4n) is 2.05. The fourth-order valence-corrected chi connectivity index (χ4v) is 2.28. The molecule has 0 aliphatic carbocycles. The molecule has 0 saturated heterocycles. The van der Waals surface area contributed by atoms with Crippen molar-refractivity contribution in [1.29, 1.82) is 0 Å². The highest BCUT2D eigenvalue weighted by Crippen LogP contribution is 2.16. The number of aromatic hydroxyl groups is 1. The molecule has 24 heavy (non-hydrogen) atoms. The SMILES string of the molecule is O=c1[nH]c(=O)n(-c2ccccc2)c(O)c1C=Nc1ccc(Br)cn1. The van der Waals surface area contributed by atoms with Crippen LogP contribution in [0.15, 0.2) is 67.7 Å². The van der Waals surface area contributed by atoms with Gasteiger partial charge in [0.05, 0.1) is 5.69 Å². The van der Waals surface area contributed by atoms with Crippen molar-refractivity contribution < 1.29 is 5.11 Å². The van der Waals surface area contributed by atoms with E-state index in [0.29, 0.717) is 11.5 Å². The molecule has 2 N–H and O–H groups in total. The summed E-state index contributed by atoms with van der Waals surface area (Å²) >= 11 is 3.26. The van der Waals surface area contributed by atoms with Crippen molar-refractivity contribution in [2.24, 2.45) is 4.99 Å². The van der Waals surface area contributed by atoms with Gasteiger partial charge in [0.1, 0.15) is 5.56 Å². The van der Waals surface area contributed by atoms with Gasteiger partial charge < -0.3 is 5.11 Å². The molecule has 0 unspecified atom stereocenters. The molecule has 0 atom stereocenters. The van der Waals surface area contributed by atoms with E-state index >= 15 is 0 Å². The normalized spacial score (nSPS) is 11.0. The number of nitrogens with one attached hydrogen (secondary N) is 1. The minimum absolute atomic E-state index is 0.136. The van der Waals surface area contributed by atoms with Gasteiger partial charge in [0.15, 0.2) is 5.82 Å². The van der Waals surface area contributed by atoms with Crippen molar-refractivity contribution in [3.8, 4) is 11.6 Å². The predicted molar refractivity (Wildman–Crippen MR) is 93.5 cm³/mol. The Morgan fingerprint density at radius 1 is 1.17 bits per heavy atom. The van der Waals surface area contributed by atoms with Gasteiger partial charge in [0.25, 0.3) is 5.56 Å². The van der Waals surface area contributed by atoms with Crippen LogP contribution in [0.2, 0.25) is 0 Å². The highest BCUT2D eigenvalue weighted by Gasteiger charge is 2.13. The molecule has 0 fully saturated rings. The number of halogens is 1. The summed E-state index contributed by atoms with van der Waals surface area (Å²) in [6.07, 6.45) is 2.73. The molecule has 3 rings (SSSR count). The second-order valence-electron chi connectivity index (χ2n) is 4.76. The number of aromatic amines is 1. The number of aliphatic imine (C=N–C) groups is 1. The second-order valence-corrected chi connectivity index (χ2v) is 5.68. The van der Waals surface area contributed by atoms with Crippen LogP contribution in [0.25, 0.3) is 5.69 Å². The Balaban J connectivity index is 2.10. The zero-order valence-electron chi connectivity index (χ0n) is 12.2. The van der Waals surface area contributed by atoms with Gasteiger partial charge in [-0.2, -0.15) is 0 Å². The standard InChI is InChI=1S/C16H11BrN4O3/c17-10-6-7-13(18-8-10)19-9-12-14(22)20-16(24)21(15(12)23)11-4-2-1-3-5-11/h1-9,23H,(H,20,22,24).